The van der Waals surface area contributed by atoms with Gasteiger partial charge in [0.05, 0.1) is 12.2 Å². The van der Waals surface area contributed by atoms with Crippen LogP contribution in [0.25, 0.3) is 0 Å². The fourth-order valence-corrected chi connectivity index (χ4v) is 2.30. The molecule has 1 heterocycles. The van der Waals surface area contributed by atoms with Gasteiger partial charge in [0.15, 0.2) is 0 Å². The van der Waals surface area contributed by atoms with Crippen molar-refractivity contribution in [3.63, 3.8) is 0 Å². The molecule has 1 aromatic rings. The molecule has 2 atom stereocenters. The first-order valence-corrected chi connectivity index (χ1v) is 6.37. The van der Waals surface area contributed by atoms with Crippen molar-refractivity contribution in [3.8, 4) is 0 Å². The zero-order valence-electron chi connectivity index (χ0n) is 9.72. The van der Waals surface area contributed by atoms with Crippen LogP contribution in [0.1, 0.15) is 24.5 Å². The molecule has 0 aliphatic carbocycles. The van der Waals surface area contributed by atoms with E-state index in [9.17, 15) is 10.2 Å². The van der Waals surface area contributed by atoms with Crippen molar-refractivity contribution in [1.29, 1.82) is 0 Å². The number of nitrogens with zero attached hydrogens (tertiary/aromatic N) is 1. The van der Waals surface area contributed by atoms with Gasteiger partial charge in [0, 0.05) is 24.7 Å². The molecule has 1 fully saturated rings. The molecule has 1 saturated heterocycles. The first-order chi connectivity index (χ1) is 8.15. The zero-order valence-corrected chi connectivity index (χ0v) is 10.5. The molecule has 0 amide bonds. The van der Waals surface area contributed by atoms with E-state index in [4.69, 9.17) is 11.6 Å². The molecule has 1 aromatic carbocycles. The largest absolute Gasteiger partial charge is 0.392 e. The molecular formula is C13H18ClNO2. The normalized spacial score (nSPS) is 22.9. The van der Waals surface area contributed by atoms with Crippen molar-refractivity contribution in [1.82, 2.24) is 4.90 Å². The van der Waals surface area contributed by atoms with Crippen molar-refractivity contribution >= 4 is 11.6 Å². The number of aliphatic hydroxyl groups is 2. The predicted octanol–water partition coefficient (Wildman–Crippen LogP) is 1.83. The molecule has 0 aromatic heterocycles. The van der Waals surface area contributed by atoms with Crippen LogP contribution in [0, 0.1) is 0 Å². The molecule has 2 N–H and O–H groups in total. The number of aliphatic hydroxyl groups excluding tert-OH is 2. The molecule has 0 saturated carbocycles. The van der Waals surface area contributed by atoms with Crippen LogP contribution in [-0.2, 0) is 0 Å². The Labute approximate surface area is 107 Å². The summed E-state index contributed by atoms with van der Waals surface area (Å²) in [5.74, 6) is 0. The fraction of sp³-hybridized carbons (Fsp3) is 0.538. The lowest BCUT2D eigenvalue weighted by Gasteiger charge is -2.17. The van der Waals surface area contributed by atoms with Crippen LogP contribution in [0.2, 0.25) is 5.02 Å². The molecular weight excluding hydrogens is 238 g/mol. The van der Waals surface area contributed by atoms with Gasteiger partial charge in [-0.25, -0.2) is 0 Å². The number of hydrogen-bond donors (Lipinski definition) is 2. The molecule has 2 rings (SSSR count). The van der Waals surface area contributed by atoms with Crippen LogP contribution < -0.4 is 0 Å². The smallest absolute Gasteiger partial charge is 0.0802 e. The van der Waals surface area contributed by atoms with Crippen molar-refractivity contribution in [2.24, 2.45) is 0 Å². The molecule has 2 unspecified atom stereocenters. The minimum absolute atomic E-state index is 0.192. The summed E-state index contributed by atoms with van der Waals surface area (Å²) in [6.45, 7) is 2.47. The molecule has 1 aliphatic heterocycles. The summed E-state index contributed by atoms with van der Waals surface area (Å²) in [5, 5.41) is 20.1. The third-order valence-electron chi connectivity index (χ3n) is 3.22. The second-order valence-electron chi connectivity index (χ2n) is 4.60. The van der Waals surface area contributed by atoms with Crippen LogP contribution >= 0.6 is 11.6 Å². The molecule has 0 radical (unpaired) electrons. The highest BCUT2D eigenvalue weighted by molar-refractivity contribution is 6.30. The summed E-state index contributed by atoms with van der Waals surface area (Å²) < 4.78 is 0. The van der Waals surface area contributed by atoms with Crippen molar-refractivity contribution in [2.75, 3.05) is 19.6 Å². The Morgan fingerprint density at radius 1 is 1.35 bits per heavy atom. The summed E-state index contributed by atoms with van der Waals surface area (Å²) in [5.41, 5.74) is 0.897. The van der Waals surface area contributed by atoms with Gasteiger partial charge >= 0.3 is 0 Å². The fourth-order valence-electron chi connectivity index (χ4n) is 2.17. The van der Waals surface area contributed by atoms with Gasteiger partial charge in [-0.2, -0.15) is 0 Å². The molecule has 3 nitrogen and oxygen atoms in total. The molecule has 1 aliphatic rings. The van der Waals surface area contributed by atoms with Gasteiger partial charge in [-0.15, -0.1) is 0 Å². The minimum Gasteiger partial charge on any atom is -0.392 e. The summed E-state index contributed by atoms with van der Waals surface area (Å²) in [7, 11) is 0. The number of likely N-dealkylation sites (tertiary alicyclic amines) is 1. The lowest BCUT2D eigenvalue weighted by atomic mass is 10.1. The topological polar surface area (TPSA) is 43.7 Å². The third-order valence-corrected chi connectivity index (χ3v) is 3.47. The number of hydrogen-bond acceptors (Lipinski definition) is 3. The average Bonchev–Trinajstić information content (AvgIpc) is 2.73. The van der Waals surface area contributed by atoms with Gasteiger partial charge in [-0.05, 0) is 30.5 Å². The lowest BCUT2D eigenvalue weighted by molar-refractivity contribution is 0.138. The van der Waals surface area contributed by atoms with Crippen molar-refractivity contribution in [2.45, 2.75) is 25.0 Å². The van der Waals surface area contributed by atoms with E-state index in [1.54, 1.807) is 12.1 Å². The minimum atomic E-state index is -0.454. The molecule has 0 bridgehead atoms. The first kappa shape index (κ1) is 12.8. The van der Waals surface area contributed by atoms with Gasteiger partial charge < -0.3 is 15.1 Å². The van der Waals surface area contributed by atoms with Gasteiger partial charge in [-0.1, -0.05) is 23.7 Å². The monoisotopic (exact) mass is 255 g/mol. The van der Waals surface area contributed by atoms with Crippen LogP contribution in [0.3, 0.4) is 0 Å². The van der Waals surface area contributed by atoms with Crippen LogP contribution in [-0.4, -0.2) is 40.9 Å². The Kier molecular flexibility index (Phi) is 4.40. The van der Waals surface area contributed by atoms with E-state index in [2.05, 4.69) is 4.90 Å². The lowest BCUT2D eigenvalue weighted by Crippen LogP contribution is -2.24. The summed E-state index contributed by atoms with van der Waals surface area (Å²) in [6.07, 6.45) is 0.887. The number of benzene rings is 1. The Morgan fingerprint density at radius 2 is 2.06 bits per heavy atom. The molecule has 94 valence electrons. The Hall–Kier alpha value is -0.610. The number of halogens is 1. The highest BCUT2D eigenvalue weighted by Crippen LogP contribution is 2.20. The maximum Gasteiger partial charge on any atom is 0.0802 e. The van der Waals surface area contributed by atoms with Gasteiger partial charge in [0.1, 0.15) is 0 Å². The zero-order chi connectivity index (χ0) is 12.3. The van der Waals surface area contributed by atoms with Gasteiger partial charge in [-0.3, -0.25) is 0 Å². The van der Waals surface area contributed by atoms with E-state index in [0.717, 1.165) is 31.6 Å². The maximum atomic E-state index is 10.0. The SMILES string of the molecule is OC1CCN(CCC(O)c2ccc(Cl)cc2)C1. The summed E-state index contributed by atoms with van der Waals surface area (Å²) >= 11 is 5.80. The highest BCUT2D eigenvalue weighted by atomic mass is 35.5. The average molecular weight is 256 g/mol. The standard InChI is InChI=1S/C13H18ClNO2/c14-11-3-1-10(2-4-11)13(17)6-8-15-7-5-12(16)9-15/h1-4,12-13,16-17H,5-9H2. The van der Waals surface area contributed by atoms with Crippen LogP contribution in [0.15, 0.2) is 24.3 Å². The third kappa shape index (κ3) is 3.68. The first-order valence-electron chi connectivity index (χ1n) is 5.99. The maximum absolute atomic E-state index is 10.0. The van der Waals surface area contributed by atoms with E-state index in [1.807, 2.05) is 12.1 Å². The molecule has 0 spiro atoms. The van der Waals surface area contributed by atoms with Gasteiger partial charge in [0.2, 0.25) is 0 Å². The second-order valence-corrected chi connectivity index (χ2v) is 5.04. The van der Waals surface area contributed by atoms with Crippen molar-refractivity contribution < 1.29 is 10.2 Å². The Morgan fingerprint density at radius 3 is 2.65 bits per heavy atom. The number of β-amino-alcohol motifs (C(OH)–C–C–N with tert-alkyl or cyclic N) is 1. The molecule has 17 heavy (non-hydrogen) atoms. The van der Waals surface area contributed by atoms with Crippen molar-refractivity contribution in [3.05, 3.63) is 34.9 Å². The van der Waals surface area contributed by atoms with E-state index in [1.165, 1.54) is 0 Å². The Bertz CT molecular complexity index is 355. The van der Waals surface area contributed by atoms with Crippen LogP contribution in [0.5, 0.6) is 0 Å². The van der Waals surface area contributed by atoms with Gasteiger partial charge in [0.25, 0.3) is 0 Å². The summed E-state index contributed by atoms with van der Waals surface area (Å²) in [6, 6.07) is 7.29. The number of rotatable bonds is 4. The quantitative estimate of drug-likeness (QED) is 0.863. The Balaban J connectivity index is 1.81. The van der Waals surface area contributed by atoms with E-state index in [0.29, 0.717) is 11.4 Å². The van der Waals surface area contributed by atoms with E-state index in [-0.39, 0.29) is 6.10 Å². The summed E-state index contributed by atoms with van der Waals surface area (Å²) in [4.78, 5) is 2.18. The highest BCUT2D eigenvalue weighted by Gasteiger charge is 2.20. The van der Waals surface area contributed by atoms with Crippen LogP contribution in [0.4, 0.5) is 0 Å². The van der Waals surface area contributed by atoms with E-state index >= 15 is 0 Å². The molecule has 4 heteroatoms. The van der Waals surface area contributed by atoms with E-state index < -0.39 is 6.10 Å². The predicted molar refractivity (Wildman–Crippen MR) is 68.1 cm³/mol. The second kappa shape index (κ2) is 5.83.